The number of benzene rings is 2. The number of anilines is 2. The molecule has 1 saturated heterocycles. The van der Waals surface area contributed by atoms with E-state index in [9.17, 15) is 9.59 Å². The lowest BCUT2D eigenvalue weighted by molar-refractivity contribution is -0.111. The Morgan fingerprint density at radius 2 is 1.87 bits per heavy atom. The number of pyridine rings is 2. The van der Waals surface area contributed by atoms with Crippen molar-refractivity contribution in [2.75, 3.05) is 30.8 Å². The summed E-state index contributed by atoms with van der Waals surface area (Å²) in [4.78, 5) is 35.5. The molecule has 1 fully saturated rings. The van der Waals surface area contributed by atoms with Crippen molar-refractivity contribution in [2.24, 2.45) is 0 Å². The maximum Gasteiger partial charge on any atom is 0.256 e. The monoisotopic (exact) mass is 509 g/mol. The second-order valence-electron chi connectivity index (χ2n) is 8.95. The standard InChI is InChI=1S/C29H27N5O4/c1-3-28(35)32-24-16-22-23(17-26(24)38-21-12-15-34(2)18-21)30-14-11-25(22)37-20-9-7-19(8-10-20)29(36)33-27-6-4-5-13-31-27/h3-11,13-14,16-17,21H,1,12,15,18H2,2H3,(H,32,35)(H,31,33,36). The summed E-state index contributed by atoms with van der Waals surface area (Å²) in [7, 11) is 2.05. The molecule has 3 heterocycles. The third kappa shape index (κ3) is 5.79. The highest BCUT2D eigenvalue weighted by atomic mass is 16.5. The van der Waals surface area contributed by atoms with Gasteiger partial charge in [0.25, 0.3) is 5.91 Å². The number of nitrogens with zero attached hydrogens (tertiary/aromatic N) is 3. The third-order valence-corrected chi connectivity index (χ3v) is 6.14. The SMILES string of the molecule is C=CC(=O)Nc1cc2c(Oc3ccc(C(=O)Nc4ccccn4)cc3)ccnc2cc1OC1CCN(C)C1. The number of likely N-dealkylation sites (N-methyl/N-ethyl adjacent to an activating group) is 1. The molecule has 0 bridgehead atoms. The largest absolute Gasteiger partial charge is 0.487 e. The lowest BCUT2D eigenvalue weighted by atomic mass is 10.1. The fourth-order valence-electron chi connectivity index (χ4n) is 4.21. The summed E-state index contributed by atoms with van der Waals surface area (Å²) in [5.74, 6) is 1.49. The maximum atomic E-state index is 12.5. The predicted octanol–water partition coefficient (Wildman–Crippen LogP) is 4.88. The van der Waals surface area contributed by atoms with Crippen molar-refractivity contribution < 1.29 is 19.1 Å². The van der Waals surface area contributed by atoms with Crippen LogP contribution in [-0.4, -0.2) is 52.9 Å². The molecule has 192 valence electrons. The average molecular weight is 510 g/mol. The minimum atomic E-state index is -0.344. The fraction of sp³-hybridized carbons (Fsp3) is 0.172. The van der Waals surface area contributed by atoms with E-state index in [0.717, 1.165) is 19.5 Å². The van der Waals surface area contributed by atoms with Crippen LogP contribution in [0.4, 0.5) is 11.5 Å². The first kappa shape index (κ1) is 24.9. The minimum absolute atomic E-state index is 0.0182. The molecule has 0 saturated carbocycles. The summed E-state index contributed by atoms with van der Waals surface area (Å²) in [5.41, 5.74) is 1.64. The molecule has 2 amide bonds. The topological polar surface area (TPSA) is 106 Å². The third-order valence-electron chi connectivity index (χ3n) is 6.14. The Labute approximate surface area is 220 Å². The zero-order valence-electron chi connectivity index (χ0n) is 20.9. The molecule has 1 unspecified atom stereocenters. The van der Waals surface area contributed by atoms with Crippen molar-refractivity contribution in [1.82, 2.24) is 14.9 Å². The van der Waals surface area contributed by atoms with Gasteiger partial charge in [-0.25, -0.2) is 4.98 Å². The van der Waals surface area contributed by atoms with Crippen molar-refractivity contribution in [3.8, 4) is 17.2 Å². The molecule has 5 rings (SSSR count). The first-order chi connectivity index (χ1) is 18.5. The van der Waals surface area contributed by atoms with Crippen LogP contribution in [0.2, 0.25) is 0 Å². The molecule has 0 spiro atoms. The second-order valence-corrected chi connectivity index (χ2v) is 8.95. The number of nitrogens with one attached hydrogen (secondary N) is 2. The van der Waals surface area contributed by atoms with Gasteiger partial charge in [0.05, 0.1) is 11.2 Å². The molecule has 0 radical (unpaired) electrons. The highest BCUT2D eigenvalue weighted by molar-refractivity contribution is 6.04. The van der Waals surface area contributed by atoms with Crippen molar-refractivity contribution in [3.05, 3.63) is 91.3 Å². The Kier molecular flexibility index (Phi) is 7.28. The minimum Gasteiger partial charge on any atom is -0.487 e. The summed E-state index contributed by atoms with van der Waals surface area (Å²) in [5, 5.41) is 6.29. The van der Waals surface area contributed by atoms with Gasteiger partial charge in [0.1, 0.15) is 29.2 Å². The Hall–Kier alpha value is -4.76. The van der Waals surface area contributed by atoms with Gasteiger partial charge in [0.15, 0.2) is 0 Å². The molecule has 1 aliphatic rings. The first-order valence-electron chi connectivity index (χ1n) is 12.2. The Morgan fingerprint density at radius 1 is 1.03 bits per heavy atom. The molecule has 1 atom stereocenters. The van der Waals surface area contributed by atoms with Gasteiger partial charge in [-0.05, 0) is 68.1 Å². The van der Waals surface area contributed by atoms with E-state index >= 15 is 0 Å². The van der Waals surface area contributed by atoms with Crippen LogP contribution in [0, 0.1) is 0 Å². The number of likely N-dealkylation sites (tertiary alicyclic amines) is 1. The molecule has 2 N–H and O–H groups in total. The van der Waals surface area contributed by atoms with Crippen LogP contribution in [0.5, 0.6) is 17.2 Å². The van der Waals surface area contributed by atoms with Crippen LogP contribution in [0.3, 0.4) is 0 Å². The number of ether oxygens (including phenoxy) is 2. The quantitative estimate of drug-likeness (QED) is 0.326. The van der Waals surface area contributed by atoms with Crippen molar-refractivity contribution in [1.29, 1.82) is 0 Å². The molecule has 0 aliphatic carbocycles. The number of carbonyl (C=O) groups excluding carboxylic acids is 2. The Bertz CT molecular complexity index is 1470. The Morgan fingerprint density at radius 3 is 2.58 bits per heavy atom. The van der Waals surface area contributed by atoms with Gasteiger partial charge in [-0.3, -0.25) is 14.6 Å². The van der Waals surface area contributed by atoms with E-state index in [0.29, 0.717) is 45.2 Å². The molecular weight excluding hydrogens is 482 g/mol. The van der Waals surface area contributed by atoms with Crippen LogP contribution in [0.1, 0.15) is 16.8 Å². The maximum absolute atomic E-state index is 12.5. The molecular formula is C29H27N5O4. The van der Waals surface area contributed by atoms with Crippen molar-refractivity contribution in [3.63, 3.8) is 0 Å². The van der Waals surface area contributed by atoms with Crippen LogP contribution >= 0.6 is 0 Å². The van der Waals surface area contributed by atoms with Gasteiger partial charge in [0.2, 0.25) is 5.91 Å². The molecule has 38 heavy (non-hydrogen) atoms. The molecule has 1 aliphatic heterocycles. The number of fused-ring (bicyclic) bond motifs is 1. The number of hydrogen-bond donors (Lipinski definition) is 2. The summed E-state index contributed by atoms with van der Waals surface area (Å²) < 4.78 is 12.4. The molecule has 2 aromatic carbocycles. The van der Waals surface area contributed by atoms with E-state index < -0.39 is 0 Å². The Balaban J connectivity index is 1.39. The van der Waals surface area contributed by atoms with Gasteiger partial charge in [-0.15, -0.1) is 0 Å². The molecule has 2 aromatic heterocycles. The molecule has 9 heteroatoms. The zero-order valence-corrected chi connectivity index (χ0v) is 20.9. The van der Waals surface area contributed by atoms with E-state index in [4.69, 9.17) is 9.47 Å². The van der Waals surface area contributed by atoms with Gasteiger partial charge in [0, 0.05) is 42.5 Å². The van der Waals surface area contributed by atoms with Crippen LogP contribution in [-0.2, 0) is 4.79 Å². The van der Waals surface area contributed by atoms with Gasteiger partial charge in [-0.1, -0.05) is 12.6 Å². The van der Waals surface area contributed by atoms with Gasteiger partial charge in [-0.2, -0.15) is 0 Å². The van der Waals surface area contributed by atoms with E-state index in [-0.39, 0.29) is 17.9 Å². The highest BCUT2D eigenvalue weighted by Crippen LogP contribution is 2.37. The van der Waals surface area contributed by atoms with E-state index in [1.54, 1.807) is 67.0 Å². The van der Waals surface area contributed by atoms with E-state index in [1.165, 1.54) is 6.08 Å². The summed E-state index contributed by atoms with van der Waals surface area (Å²) in [6.07, 6.45) is 5.40. The number of hydrogen-bond acceptors (Lipinski definition) is 7. The van der Waals surface area contributed by atoms with Gasteiger partial charge >= 0.3 is 0 Å². The molecule has 4 aromatic rings. The molecule has 9 nitrogen and oxygen atoms in total. The number of carbonyl (C=O) groups is 2. The summed E-state index contributed by atoms with van der Waals surface area (Å²) in [6.45, 7) is 5.31. The van der Waals surface area contributed by atoms with Crippen LogP contribution in [0.15, 0.2) is 85.7 Å². The average Bonchev–Trinajstić information content (AvgIpc) is 3.34. The van der Waals surface area contributed by atoms with Crippen molar-refractivity contribution in [2.45, 2.75) is 12.5 Å². The smallest absolute Gasteiger partial charge is 0.256 e. The van der Waals surface area contributed by atoms with E-state index in [2.05, 4.69) is 39.1 Å². The normalized spacial score (nSPS) is 15.1. The van der Waals surface area contributed by atoms with Gasteiger partial charge < -0.3 is 25.0 Å². The number of amides is 2. The zero-order chi connectivity index (χ0) is 26.5. The second kappa shape index (κ2) is 11.1. The van der Waals surface area contributed by atoms with Crippen LogP contribution < -0.4 is 20.1 Å². The number of rotatable bonds is 8. The number of aromatic nitrogens is 2. The lowest BCUT2D eigenvalue weighted by Crippen LogP contribution is -2.22. The highest BCUT2D eigenvalue weighted by Gasteiger charge is 2.23. The van der Waals surface area contributed by atoms with E-state index in [1.807, 2.05) is 6.07 Å². The summed E-state index contributed by atoms with van der Waals surface area (Å²) >= 11 is 0. The predicted molar refractivity (Wildman–Crippen MR) is 146 cm³/mol. The fourth-order valence-corrected chi connectivity index (χ4v) is 4.21. The summed E-state index contributed by atoms with van der Waals surface area (Å²) in [6, 6.07) is 17.4. The lowest BCUT2D eigenvalue weighted by Gasteiger charge is -2.18. The van der Waals surface area contributed by atoms with Crippen LogP contribution in [0.25, 0.3) is 10.9 Å². The van der Waals surface area contributed by atoms with Crippen molar-refractivity contribution >= 4 is 34.2 Å². The first-order valence-corrected chi connectivity index (χ1v) is 12.2.